The largest absolute Gasteiger partial charge is 0.468 e. The lowest BCUT2D eigenvalue weighted by Gasteiger charge is -2.46. The third-order valence-corrected chi connectivity index (χ3v) is 21.2. The normalized spacial score (nSPS) is 19.4. The van der Waals surface area contributed by atoms with Crippen molar-refractivity contribution in [2.75, 3.05) is 9.80 Å². The van der Waals surface area contributed by atoms with E-state index in [0.717, 1.165) is 48.0 Å². The monoisotopic (exact) mass is 1070 g/mol. The molecule has 0 saturated carbocycles. The molecule has 0 N–H and O–H groups in total. The molecule has 5 aliphatic rings. The van der Waals surface area contributed by atoms with E-state index in [2.05, 4.69) is 259 Å². The summed E-state index contributed by atoms with van der Waals surface area (Å²) in [6, 6.07) is 50.5. The van der Waals surface area contributed by atoms with Crippen molar-refractivity contribution in [3.63, 3.8) is 0 Å². The van der Waals surface area contributed by atoms with Gasteiger partial charge in [-0.15, -0.1) is 0 Å². The molecule has 2 aromatic heterocycles. The molecule has 0 atom stereocenters. The Hall–Kier alpha value is -6.72. The molecule has 0 radical (unpaired) electrons. The standard InChI is InChI=1S/C76H84BN3O/c1-45-37-62-66-63(38-45)80(58-30-28-48(39-46(58)2)70(3,4)5)67-50-25-21-22-26-64(50)81-69(67)77(66)57-42-52-60(78(49-23-19-18-20-24-49)68-65(52)75(14,15)35-36-76(68,16)17)44-61(57)79(62)59-43-56-55(73(10,11)33-34-74(56,12)13)41-51(59)47-27-29-53-54(40-47)72(8,9)32-31-71(53,6)7/h18-30,37-44H,31-36H2,1-17H3. The molecule has 81 heavy (non-hydrogen) atoms. The predicted octanol–water partition coefficient (Wildman–Crippen LogP) is 19.1. The van der Waals surface area contributed by atoms with Gasteiger partial charge >= 0.3 is 0 Å². The van der Waals surface area contributed by atoms with E-state index in [4.69, 9.17) is 4.42 Å². The fourth-order valence-corrected chi connectivity index (χ4v) is 16.0. The molecule has 5 heteroatoms. The quantitative estimate of drug-likeness (QED) is 0.164. The Morgan fingerprint density at radius 3 is 1.74 bits per heavy atom. The first-order chi connectivity index (χ1) is 38.1. The van der Waals surface area contributed by atoms with Gasteiger partial charge in [0.1, 0.15) is 5.58 Å². The maximum Gasteiger partial charge on any atom is 0.297 e. The van der Waals surface area contributed by atoms with Crippen molar-refractivity contribution in [1.29, 1.82) is 0 Å². The van der Waals surface area contributed by atoms with Crippen LogP contribution in [0, 0.1) is 13.8 Å². The SMILES string of the molecule is Cc1cc2c3c(c1)N(c1ccc(C(C)(C)C)cc1C)c1c(oc4ccccc14)B3c1cc3c4c(n(-c5ccccc5)c3cc1N2c1cc2c(cc1-c1ccc3c(c1)C(C)(C)CCC3(C)C)C(C)(C)CCC2(C)C)C(C)(C)CCC4(C)C. The molecule has 7 aromatic carbocycles. The number of furan rings is 1. The lowest BCUT2D eigenvalue weighted by molar-refractivity contribution is 0.324. The Morgan fingerprint density at radius 1 is 0.481 bits per heavy atom. The Bertz CT molecular complexity index is 4150. The number of nitrogens with zero attached hydrogens (tertiary/aromatic N) is 3. The summed E-state index contributed by atoms with van der Waals surface area (Å²) in [4.78, 5) is 5.36. The number of rotatable bonds is 4. The number of anilines is 6. The highest BCUT2D eigenvalue weighted by Crippen LogP contribution is 2.57. The molecule has 0 amide bonds. The summed E-state index contributed by atoms with van der Waals surface area (Å²) in [6.45, 7) is 41.3. The molecular formula is C76H84BN3O. The summed E-state index contributed by atoms with van der Waals surface area (Å²) in [7, 11) is 0. The smallest absolute Gasteiger partial charge is 0.297 e. The molecule has 0 saturated heterocycles. The van der Waals surface area contributed by atoms with Crippen molar-refractivity contribution >= 4 is 79.3 Å². The average Bonchev–Trinajstić information content (AvgIpc) is 4.22. The van der Waals surface area contributed by atoms with E-state index in [9.17, 15) is 0 Å². The second-order valence-corrected chi connectivity index (χ2v) is 30.7. The Morgan fingerprint density at radius 2 is 1.07 bits per heavy atom. The van der Waals surface area contributed by atoms with Gasteiger partial charge in [-0.05, 0) is 207 Å². The van der Waals surface area contributed by atoms with E-state index >= 15 is 0 Å². The molecule has 14 rings (SSSR count). The minimum atomic E-state index is -0.197. The zero-order chi connectivity index (χ0) is 57.0. The lowest BCUT2D eigenvalue weighted by atomic mass is 9.35. The van der Waals surface area contributed by atoms with Gasteiger partial charge in [-0.3, -0.25) is 0 Å². The molecule has 3 aliphatic carbocycles. The fourth-order valence-electron chi connectivity index (χ4n) is 16.0. The van der Waals surface area contributed by atoms with Crippen LogP contribution in [-0.2, 0) is 37.9 Å². The maximum absolute atomic E-state index is 7.55. The van der Waals surface area contributed by atoms with Crippen molar-refractivity contribution in [2.24, 2.45) is 0 Å². The van der Waals surface area contributed by atoms with Gasteiger partial charge in [0.2, 0.25) is 0 Å². The van der Waals surface area contributed by atoms with Crippen molar-refractivity contribution in [2.45, 2.75) is 194 Å². The minimum absolute atomic E-state index is 0.000945. The van der Waals surface area contributed by atoms with E-state index in [1.807, 2.05) is 0 Å². The molecule has 0 unspecified atom stereocenters. The van der Waals surface area contributed by atoms with Crippen molar-refractivity contribution < 1.29 is 4.42 Å². The van der Waals surface area contributed by atoms with Crippen LogP contribution >= 0.6 is 0 Å². The van der Waals surface area contributed by atoms with Crippen LogP contribution in [0.1, 0.15) is 193 Å². The van der Waals surface area contributed by atoms with Crippen LogP contribution in [0.5, 0.6) is 0 Å². The average molecular weight is 1070 g/mol. The molecule has 0 bridgehead atoms. The predicted molar refractivity (Wildman–Crippen MR) is 347 cm³/mol. The van der Waals surface area contributed by atoms with Crippen LogP contribution in [0.4, 0.5) is 34.1 Å². The second-order valence-electron chi connectivity index (χ2n) is 30.7. The number of aromatic nitrogens is 1. The van der Waals surface area contributed by atoms with Gasteiger partial charge in [0.25, 0.3) is 6.71 Å². The summed E-state index contributed by atoms with van der Waals surface area (Å²) in [5, 5.41) is 2.49. The summed E-state index contributed by atoms with van der Waals surface area (Å²) in [6.07, 6.45) is 6.87. The third kappa shape index (κ3) is 7.61. The molecule has 2 aliphatic heterocycles. The van der Waals surface area contributed by atoms with E-state index in [0.29, 0.717) is 0 Å². The number of aryl methyl sites for hydroxylation is 2. The van der Waals surface area contributed by atoms with Crippen molar-refractivity contribution in [3.8, 4) is 16.8 Å². The number of fused-ring (bicyclic) bond motifs is 11. The fraction of sp³-hybridized carbons (Fsp3) is 0.395. The number of para-hydroxylation sites is 2. The van der Waals surface area contributed by atoms with Crippen LogP contribution in [0.2, 0.25) is 0 Å². The van der Waals surface area contributed by atoms with Crippen LogP contribution in [0.3, 0.4) is 0 Å². The number of hydrogen-bond acceptors (Lipinski definition) is 3. The first-order valence-corrected chi connectivity index (χ1v) is 30.6. The molecule has 0 spiro atoms. The van der Waals surface area contributed by atoms with Crippen molar-refractivity contribution in [1.82, 2.24) is 4.57 Å². The second kappa shape index (κ2) is 17.0. The van der Waals surface area contributed by atoms with Crippen LogP contribution in [-0.4, -0.2) is 11.3 Å². The third-order valence-electron chi connectivity index (χ3n) is 21.2. The highest BCUT2D eigenvalue weighted by atomic mass is 16.3. The first kappa shape index (κ1) is 52.4. The topological polar surface area (TPSA) is 24.6 Å². The van der Waals surface area contributed by atoms with Crippen LogP contribution in [0.25, 0.3) is 38.7 Å². The number of benzene rings is 7. The molecule has 4 heterocycles. The van der Waals surface area contributed by atoms with E-state index in [1.165, 1.54) is 130 Å². The van der Waals surface area contributed by atoms with E-state index < -0.39 is 0 Å². The lowest BCUT2D eigenvalue weighted by Crippen LogP contribution is -2.61. The van der Waals surface area contributed by atoms with Gasteiger partial charge in [0, 0.05) is 55.9 Å². The minimum Gasteiger partial charge on any atom is -0.468 e. The Kier molecular flexibility index (Phi) is 11.0. The van der Waals surface area contributed by atoms with Gasteiger partial charge < -0.3 is 18.8 Å². The highest BCUT2D eigenvalue weighted by Gasteiger charge is 2.50. The van der Waals surface area contributed by atoms with Crippen LogP contribution < -0.4 is 26.4 Å². The maximum atomic E-state index is 7.55. The Balaban J connectivity index is 1.17. The highest BCUT2D eigenvalue weighted by molar-refractivity contribution is 7.00. The molecule has 4 nitrogen and oxygen atoms in total. The van der Waals surface area contributed by atoms with Gasteiger partial charge in [-0.2, -0.15) is 0 Å². The van der Waals surface area contributed by atoms with Gasteiger partial charge in [-0.1, -0.05) is 171 Å². The summed E-state index contributed by atoms with van der Waals surface area (Å²) < 4.78 is 10.2. The summed E-state index contributed by atoms with van der Waals surface area (Å²) >= 11 is 0. The van der Waals surface area contributed by atoms with E-state index in [1.54, 1.807) is 0 Å². The number of hydrogen-bond donors (Lipinski definition) is 0. The van der Waals surface area contributed by atoms with Gasteiger partial charge in [-0.25, -0.2) is 0 Å². The molecule has 0 fully saturated rings. The zero-order valence-corrected chi connectivity index (χ0v) is 51.7. The van der Waals surface area contributed by atoms with Crippen molar-refractivity contribution in [3.05, 3.63) is 178 Å². The molecule has 412 valence electrons. The van der Waals surface area contributed by atoms with Gasteiger partial charge in [0.15, 0.2) is 0 Å². The Labute approximate surface area is 484 Å². The van der Waals surface area contributed by atoms with E-state index in [-0.39, 0.29) is 44.6 Å². The molecule has 9 aromatic rings. The van der Waals surface area contributed by atoms with Gasteiger partial charge in [0.05, 0.1) is 22.6 Å². The molecular weight excluding hydrogens is 982 g/mol. The first-order valence-electron chi connectivity index (χ1n) is 30.6. The summed E-state index contributed by atoms with van der Waals surface area (Å²) in [5.74, 6) is 0. The van der Waals surface area contributed by atoms with Crippen LogP contribution in [0.15, 0.2) is 132 Å². The summed E-state index contributed by atoms with van der Waals surface area (Å²) in [5.41, 5.74) is 29.5. The zero-order valence-electron chi connectivity index (χ0n) is 51.7.